The van der Waals surface area contributed by atoms with Crippen molar-refractivity contribution in [2.24, 2.45) is 0 Å². The lowest BCUT2D eigenvalue weighted by molar-refractivity contribution is -0.153. The van der Waals surface area contributed by atoms with Crippen molar-refractivity contribution in [3.63, 3.8) is 0 Å². The van der Waals surface area contributed by atoms with E-state index in [-0.39, 0.29) is 6.10 Å². The van der Waals surface area contributed by atoms with Crippen molar-refractivity contribution in [1.82, 2.24) is 0 Å². The van der Waals surface area contributed by atoms with E-state index in [0.29, 0.717) is 6.42 Å². The summed E-state index contributed by atoms with van der Waals surface area (Å²) in [5, 5.41) is 9.14. The van der Waals surface area contributed by atoms with Crippen LogP contribution in [0.25, 0.3) is 0 Å². The minimum Gasteiger partial charge on any atom is -0.479 e. The SMILES string of the molecule is Cc1cccc(C)c1C[C@@H](OC(C)C)C(=O)O. The number of ether oxygens (including phenoxy) is 1. The first-order valence-corrected chi connectivity index (χ1v) is 5.85. The number of hydrogen-bond acceptors (Lipinski definition) is 2. The van der Waals surface area contributed by atoms with Gasteiger partial charge in [0.25, 0.3) is 0 Å². The molecule has 0 aromatic heterocycles. The second-order valence-electron chi connectivity index (χ2n) is 4.59. The quantitative estimate of drug-likeness (QED) is 0.855. The summed E-state index contributed by atoms with van der Waals surface area (Å²) in [4.78, 5) is 11.1. The van der Waals surface area contributed by atoms with Crippen molar-refractivity contribution < 1.29 is 14.6 Å². The largest absolute Gasteiger partial charge is 0.479 e. The third-order valence-electron chi connectivity index (χ3n) is 2.75. The van der Waals surface area contributed by atoms with E-state index in [4.69, 9.17) is 9.84 Å². The van der Waals surface area contributed by atoms with Crippen molar-refractivity contribution in [3.8, 4) is 0 Å². The second kappa shape index (κ2) is 5.82. The highest BCUT2D eigenvalue weighted by Crippen LogP contribution is 2.17. The lowest BCUT2D eigenvalue weighted by Crippen LogP contribution is -2.29. The van der Waals surface area contributed by atoms with Crippen molar-refractivity contribution >= 4 is 5.97 Å². The van der Waals surface area contributed by atoms with Gasteiger partial charge in [-0.15, -0.1) is 0 Å². The molecule has 0 aliphatic heterocycles. The molecule has 94 valence electrons. The summed E-state index contributed by atoms with van der Waals surface area (Å²) in [7, 11) is 0. The summed E-state index contributed by atoms with van der Waals surface area (Å²) < 4.78 is 5.43. The van der Waals surface area contributed by atoms with Crippen LogP contribution in [0.3, 0.4) is 0 Å². The Morgan fingerprint density at radius 1 is 1.29 bits per heavy atom. The minimum absolute atomic E-state index is 0.0829. The number of rotatable bonds is 5. The number of hydrogen-bond donors (Lipinski definition) is 1. The molecule has 1 rings (SSSR count). The fraction of sp³-hybridized carbons (Fsp3) is 0.500. The molecule has 1 aromatic rings. The Kier molecular flexibility index (Phi) is 4.70. The minimum atomic E-state index is -0.902. The molecule has 0 heterocycles. The molecule has 0 bridgehead atoms. The molecule has 1 N–H and O–H groups in total. The van der Waals surface area contributed by atoms with Crippen LogP contribution in [0, 0.1) is 13.8 Å². The number of carboxylic acids is 1. The number of aliphatic carboxylic acids is 1. The van der Waals surface area contributed by atoms with E-state index in [1.165, 1.54) is 0 Å². The first-order valence-electron chi connectivity index (χ1n) is 5.85. The average molecular weight is 236 g/mol. The third kappa shape index (κ3) is 3.86. The Balaban J connectivity index is 2.90. The molecule has 0 spiro atoms. The highest BCUT2D eigenvalue weighted by molar-refractivity contribution is 5.73. The van der Waals surface area contributed by atoms with Gasteiger partial charge in [-0.05, 0) is 44.4 Å². The zero-order chi connectivity index (χ0) is 13.0. The summed E-state index contributed by atoms with van der Waals surface area (Å²) in [5.41, 5.74) is 3.30. The van der Waals surface area contributed by atoms with Gasteiger partial charge in [-0.3, -0.25) is 0 Å². The van der Waals surface area contributed by atoms with Crippen LogP contribution in [0.4, 0.5) is 0 Å². The van der Waals surface area contributed by atoms with Crippen molar-refractivity contribution in [1.29, 1.82) is 0 Å². The van der Waals surface area contributed by atoms with E-state index in [1.54, 1.807) is 0 Å². The summed E-state index contributed by atoms with van der Waals surface area (Å²) in [6, 6.07) is 5.97. The molecule has 0 aliphatic carbocycles. The predicted octanol–water partition coefficient (Wildman–Crippen LogP) is 2.72. The predicted molar refractivity (Wildman–Crippen MR) is 67.3 cm³/mol. The molecule has 0 aliphatic rings. The maximum absolute atomic E-state index is 11.1. The summed E-state index contributed by atoms with van der Waals surface area (Å²) in [6.07, 6.45) is -0.429. The highest BCUT2D eigenvalue weighted by atomic mass is 16.5. The van der Waals surface area contributed by atoms with Crippen LogP contribution in [0.1, 0.15) is 30.5 Å². The van der Waals surface area contributed by atoms with Gasteiger partial charge >= 0.3 is 5.97 Å². The van der Waals surface area contributed by atoms with E-state index in [9.17, 15) is 4.79 Å². The van der Waals surface area contributed by atoms with Gasteiger partial charge in [0.1, 0.15) is 0 Å². The maximum Gasteiger partial charge on any atom is 0.333 e. The Bertz CT molecular complexity index is 376. The summed E-state index contributed by atoms with van der Waals surface area (Å²) in [5.74, 6) is -0.902. The summed E-state index contributed by atoms with van der Waals surface area (Å²) >= 11 is 0. The maximum atomic E-state index is 11.1. The van der Waals surface area contributed by atoms with Gasteiger partial charge in [-0.25, -0.2) is 4.79 Å². The van der Waals surface area contributed by atoms with Gasteiger partial charge in [0.15, 0.2) is 6.10 Å². The van der Waals surface area contributed by atoms with E-state index < -0.39 is 12.1 Å². The topological polar surface area (TPSA) is 46.5 Å². The normalized spacial score (nSPS) is 12.8. The molecule has 0 radical (unpaired) electrons. The molecule has 1 atom stereocenters. The Hall–Kier alpha value is -1.35. The highest BCUT2D eigenvalue weighted by Gasteiger charge is 2.21. The van der Waals surface area contributed by atoms with Gasteiger partial charge in [0.2, 0.25) is 0 Å². The van der Waals surface area contributed by atoms with Gasteiger partial charge in [0.05, 0.1) is 6.10 Å². The molecule has 0 fully saturated rings. The number of benzene rings is 1. The molecule has 17 heavy (non-hydrogen) atoms. The Morgan fingerprint density at radius 2 is 1.82 bits per heavy atom. The molecular formula is C14H20O3. The van der Waals surface area contributed by atoms with Crippen LogP contribution in [0.15, 0.2) is 18.2 Å². The van der Waals surface area contributed by atoms with Crippen LogP contribution < -0.4 is 0 Å². The van der Waals surface area contributed by atoms with Gasteiger partial charge in [-0.2, -0.15) is 0 Å². The van der Waals surface area contributed by atoms with Crippen molar-refractivity contribution in [2.45, 2.75) is 46.3 Å². The fourth-order valence-electron chi connectivity index (χ4n) is 1.88. The first kappa shape index (κ1) is 13.7. The second-order valence-corrected chi connectivity index (χ2v) is 4.59. The molecular weight excluding hydrogens is 216 g/mol. The number of carbonyl (C=O) groups is 1. The van der Waals surface area contributed by atoms with E-state index >= 15 is 0 Å². The molecule has 0 unspecified atom stereocenters. The number of carboxylic acid groups (broad SMARTS) is 1. The zero-order valence-corrected chi connectivity index (χ0v) is 10.9. The van der Waals surface area contributed by atoms with Crippen molar-refractivity contribution in [3.05, 3.63) is 34.9 Å². The van der Waals surface area contributed by atoms with E-state index in [1.807, 2.05) is 45.9 Å². The number of aryl methyl sites for hydroxylation is 2. The molecule has 3 heteroatoms. The monoisotopic (exact) mass is 236 g/mol. The van der Waals surface area contributed by atoms with E-state index in [2.05, 4.69) is 0 Å². The van der Waals surface area contributed by atoms with Crippen molar-refractivity contribution in [2.75, 3.05) is 0 Å². The van der Waals surface area contributed by atoms with Crippen LogP contribution in [-0.4, -0.2) is 23.3 Å². The van der Waals surface area contributed by atoms with Gasteiger partial charge in [-0.1, -0.05) is 18.2 Å². The molecule has 1 aromatic carbocycles. The fourth-order valence-corrected chi connectivity index (χ4v) is 1.88. The first-order chi connectivity index (χ1) is 7.91. The van der Waals surface area contributed by atoms with E-state index in [0.717, 1.165) is 16.7 Å². The van der Waals surface area contributed by atoms with Gasteiger partial charge in [0, 0.05) is 6.42 Å². The lowest BCUT2D eigenvalue weighted by atomic mass is 9.97. The van der Waals surface area contributed by atoms with Gasteiger partial charge < -0.3 is 9.84 Å². The molecule has 0 saturated carbocycles. The summed E-state index contributed by atoms with van der Waals surface area (Å²) in [6.45, 7) is 7.69. The van der Waals surface area contributed by atoms with Crippen LogP contribution in [0.2, 0.25) is 0 Å². The van der Waals surface area contributed by atoms with Crippen LogP contribution in [0.5, 0.6) is 0 Å². The molecule has 3 nitrogen and oxygen atoms in total. The molecule has 0 amide bonds. The average Bonchev–Trinajstić information content (AvgIpc) is 2.21. The smallest absolute Gasteiger partial charge is 0.333 e. The third-order valence-corrected chi connectivity index (χ3v) is 2.75. The molecule has 0 saturated heterocycles. The Labute approximate surface area is 102 Å². The Morgan fingerprint density at radius 3 is 2.24 bits per heavy atom. The zero-order valence-electron chi connectivity index (χ0n) is 10.9. The standard InChI is InChI=1S/C14H20O3/c1-9(2)17-13(14(15)16)8-12-10(3)6-5-7-11(12)4/h5-7,9,13H,8H2,1-4H3,(H,15,16)/t13-/m1/s1. The lowest BCUT2D eigenvalue weighted by Gasteiger charge is -2.18. The van der Waals surface area contributed by atoms with Crippen LogP contribution >= 0.6 is 0 Å². The van der Waals surface area contributed by atoms with Crippen LogP contribution in [-0.2, 0) is 16.0 Å².